The van der Waals surface area contributed by atoms with E-state index in [-0.39, 0.29) is 5.91 Å². The Morgan fingerprint density at radius 3 is 2.54 bits per heavy atom. The average Bonchev–Trinajstić information content (AvgIpc) is 3.24. The molecule has 0 radical (unpaired) electrons. The minimum atomic E-state index is 0.126. The van der Waals surface area contributed by atoms with Gasteiger partial charge < -0.3 is 0 Å². The first-order chi connectivity index (χ1) is 11.6. The van der Waals surface area contributed by atoms with Crippen molar-refractivity contribution in [2.75, 3.05) is 11.6 Å². The van der Waals surface area contributed by atoms with E-state index >= 15 is 0 Å². The summed E-state index contributed by atoms with van der Waals surface area (Å²) in [5, 5.41) is 1.16. The Kier molecular flexibility index (Phi) is 4.19. The summed E-state index contributed by atoms with van der Waals surface area (Å²) in [4.78, 5) is 19.0. The summed E-state index contributed by atoms with van der Waals surface area (Å²) < 4.78 is 0. The minimum Gasteiger partial charge on any atom is -0.286 e. The van der Waals surface area contributed by atoms with Crippen LogP contribution >= 0.6 is 11.3 Å². The van der Waals surface area contributed by atoms with E-state index in [1.807, 2.05) is 35.2 Å². The average molecular weight is 340 g/mol. The largest absolute Gasteiger partial charge is 0.286 e. The Bertz CT molecular complexity index is 746. The molecule has 0 saturated heterocycles. The van der Waals surface area contributed by atoms with Crippen molar-refractivity contribution in [1.82, 2.24) is 4.90 Å². The first-order valence-corrected chi connectivity index (χ1v) is 9.66. The zero-order valence-electron chi connectivity index (χ0n) is 14.4. The van der Waals surface area contributed by atoms with Crippen molar-refractivity contribution >= 4 is 22.2 Å². The number of carbonyl (C=O) groups excluding carboxylic acids is 1. The number of hydrogen-bond acceptors (Lipinski definition) is 3. The molecular formula is C20H24N2OS. The number of benzene rings is 1. The fourth-order valence-electron chi connectivity index (χ4n) is 3.97. The molecule has 126 valence electrons. The van der Waals surface area contributed by atoms with Gasteiger partial charge in [-0.25, -0.2) is 0 Å². The summed E-state index contributed by atoms with van der Waals surface area (Å²) in [7, 11) is 0. The van der Waals surface area contributed by atoms with Crippen LogP contribution in [0, 0.1) is 13.8 Å². The van der Waals surface area contributed by atoms with E-state index in [4.69, 9.17) is 0 Å². The Morgan fingerprint density at radius 1 is 1.12 bits per heavy atom. The lowest BCUT2D eigenvalue weighted by atomic mass is 10.1. The van der Waals surface area contributed by atoms with Crippen molar-refractivity contribution in [3.63, 3.8) is 0 Å². The van der Waals surface area contributed by atoms with E-state index < -0.39 is 0 Å². The highest BCUT2D eigenvalue weighted by atomic mass is 32.1. The number of nitrogens with zero attached hydrogens (tertiary/aromatic N) is 2. The van der Waals surface area contributed by atoms with Crippen LogP contribution in [0.25, 0.3) is 0 Å². The van der Waals surface area contributed by atoms with E-state index in [0.29, 0.717) is 6.04 Å². The summed E-state index contributed by atoms with van der Waals surface area (Å²) in [6.07, 6.45) is 5.18. The number of anilines is 1. The molecule has 1 aliphatic heterocycles. The van der Waals surface area contributed by atoms with Gasteiger partial charge in [-0.15, -0.1) is 11.3 Å². The topological polar surface area (TPSA) is 23.6 Å². The molecule has 1 aromatic heterocycles. The summed E-state index contributed by atoms with van der Waals surface area (Å²) in [6.45, 7) is 6.09. The standard InChI is InChI=1S/C20H24N2OS/c1-14-15(2)24-20-18(14)12-21(17-10-6-7-11-17)13-22(20)19(23)16-8-4-3-5-9-16/h3-5,8-9,17H,6-7,10-13H2,1-2H3. The lowest BCUT2D eigenvalue weighted by Crippen LogP contribution is -2.48. The van der Waals surface area contributed by atoms with E-state index in [1.54, 1.807) is 11.3 Å². The molecule has 2 heterocycles. The van der Waals surface area contributed by atoms with Crippen molar-refractivity contribution < 1.29 is 4.79 Å². The molecule has 1 fully saturated rings. The zero-order chi connectivity index (χ0) is 16.7. The number of carbonyl (C=O) groups is 1. The van der Waals surface area contributed by atoms with Crippen LogP contribution in [-0.2, 0) is 6.54 Å². The summed E-state index contributed by atoms with van der Waals surface area (Å²) in [5.74, 6) is 0.126. The van der Waals surface area contributed by atoms with Crippen LogP contribution in [0.5, 0.6) is 0 Å². The maximum Gasteiger partial charge on any atom is 0.260 e. The van der Waals surface area contributed by atoms with Gasteiger partial charge in [0.05, 0.1) is 6.67 Å². The molecular weight excluding hydrogens is 316 g/mol. The highest BCUT2D eigenvalue weighted by Crippen LogP contribution is 2.41. The van der Waals surface area contributed by atoms with Crippen molar-refractivity contribution in [1.29, 1.82) is 0 Å². The Morgan fingerprint density at radius 2 is 1.83 bits per heavy atom. The first-order valence-electron chi connectivity index (χ1n) is 8.85. The third kappa shape index (κ3) is 2.68. The van der Waals surface area contributed by atoms with Crippen LogP contribution in [-0.4, -0.2) is 23.5 Å². The molecule has 4 rings (SSSR count). The molecule has 2 aromatic rings. The number of fused-ring (bicyclic) bond motifs is 1. The van der Waals surface area contributed by atoms with Gasteiger partial charge in [-0.05, 0) is 44.4 Å². The van der Waals surface area contributed by atoms with Gasteiger partial charge in [0.1, 0.15) is 5.00 Å². The van der Waals surface area contributed by atoms with Crippen molar-refractivity contribution in [2.45, 2.75) is 52.1 Å². The lowest BCUT2D eigenvalue weighted by Gasteiger charge is -2.39. The molecule has 24 heavy (non-hydrogen) atoms. The van der Waals surface area contributed by atoms with Crippen LogP contribution in [0.15, 0.2) is 30.3 Å². The molecule has 1 aliphatic carbocycles. The molecule has 1 saturated carbocycles. The third-order valence-electron chi connectivity index (χ3n) is 5.53. The van der Waals surface area contributed by atoms with Crippen LogP contribution in [0.3, 0.4) is 0 Å². The monoisotopic (exact) mass is 340 g/mol. The van der Waals surface area contributed by atoms with Crippen molar-refractivity contribution in [3.05, 3.63) is 51.9 Å². The first kappa shape index (κ1) is 15.9. The van der Waals surface area contributed by atoms with E-state index in [1.165, 1.54) is 41.7 Å². The maximum atomic E-state index is 13.1. The van der Waals surface area contributed by atoms with Crippen LogP contribution in [0.2, 0.25) is 0 Å². The second kappa shape index (κ2) is 6.34. The third-order valence-corrected chi connectivity index (χ3v) is 6.80. The van der Waals surface area contributed by atoms with Crippen molar-refractivity contribution in [2.24, 2.45) is 0 Å². The predicted octanol–water partition coefficient (Wildman–Crippen LogP) is 4.73. The second-order valence-corrected chi connectivity index (χ2v) is 8.20. The quantitative estimate of drug-likeness (QED) is 0.789. The van der Waals surface area contributed by atoms with Crippen LogP contribution < -0.4 is 4.90 Å². The van der Waals surface area contributed by atoms with Gasteiger partial charge in [0.2, 0.25) is 0 Å². The molecule has 1 amide bonds. The molecule has 3 nitrogen and oxygen atoms in total. The Balaban J connectivity index is 1.71. The molecule has 0 N–H and O–H groups in total. The molecule has 0 unspecified atom stereocenters. The molecule has 4 heteroatoms. The highest BCUT2D eigenvalue weighted by Gasteiger charge is 2.34. The minimum absolute atomic E-state index is 0.126. The Labute approximate surface area is 147 Å². The van der Waals surface area contributed by atoms with Gasteiger partial charge in [0, 0.05) is 28.6 Å². The van der Waals surface area contributed by atoms with Crippen LogP contribution in [0.4, 0.5) is 5.00 Å². The van der Waals surface area contributed by atoms with Gasteiger partial charge >= 0.3 is 0 Å². The van der Waals surface area contributed by atoms with Crippen molar-refractivity contribution in [3.8, 4) is 0 Å². The van der Waals surface area contributed by atoms with Gasteiger partial charge in [0.25, 0.3) is 5.91 Å². The molecule has 0 spiro atoms. The fraction of sp³-hybridized carbons (Fsp3) is 0.450. The molecule has 0 bridgehead atoms. The zero-order valence-corrected chi connectivity index (χ0v) is 15.2. The summed E-state index contributed by atoms with van der Waals surface area (Å²) in [5.41, 5.74) is 3.50. The number of hydrogen-bond donors (Lipinski definition) is 0. The maximum absolute atomic E-state index is 13.1. The molecule has 0 atom stereocenters. The predicted molar refractivity (Wildman–Crippen MR) is 99.7 cm³/mol. The fourth-order valence-corrected chi connectivity index (χ4v) is 5.12. The summed E-state index contributed by atoms with van der Waals surface area (Å²) in [6, 6.07) is 10.3. The number of rotatable bonds is 2. The lowest BCUT2D eigenvalue weighted by molar-refractivity contribution is 0.0939. The smallest absolute Gasteiger partial charge is 0.260 e. The normalized spacial score (nSPS) is 18.8. The number of amides is 1. The van der Waals surface area contributed by atoms with Crippen LogP contribution in [0.1, 0.15) is 52.0 Å². The Hall–Kier alpha value is -1.65. The van der Waals surface area contributed by atoms with E-state index in [0.717, 1.165) is 23.8 Å². The van der Waals surface area contributed by atoms with Gasteiger partial charge in [-0.3, -0.25) is 14.6 Å². The second-order valence-electron chi connectivity index (χ2n) is 6.99. The SMILES string of the molecule is Cc1sc2c(c1C)CN(C1CCCC1)CN2C(=O)c1ccccc1. The molecule has 2 aliphatic rings. The van der Waals surface area contributed by atoms with E-state index in [2.05, 4.69) is 18.7 Å². The van der Waals surface area contributed by atoms with Gasteiger partial charge in [0.15, 0.2) is 0 Å². The van der Waals surface area contributed by atoms with Gasteiger partial charge in [-0.1, -0.05) is 31.0 Å². The van der Waals surface area contributed by atoms with Gasteiger partial charge in [-0.2, -0.15) is 0 Å². The number of thiophene rings is 1. The molecule has 1 aromatic carbocycles. The summed E-state index contributed by atoms with van der Waals surface area (Å²) >= 11 is 1.77. The highest BCUT2D eigenvalue weighted by molar-refractivity contribution is 7.16. The number of aryl methyl sites for hydroxylation is 1. The van der Waals surface area contributed by atoms with E-state index in [9.17, 15) is 4.79 Å².